The predicted molar refractivity (Wildman–Crippen MR) is 81.4 cm³/mol. The first-order chi connectivity index (χ1) is 9.09. The van der Waals surface area contributed by atoms with Crippen molar-refractivity contribution in [1.82, 2.24) is 4.57 Å². The van der Waals surface area contributed by atoms with Crippen LogP contribution in [0.3, 0.4) is 0 Å². The van der Waals surface area contributed by atoms with Crippen molar-refractivity contribution in [3.8, 4) is 0 Å². The summed E-state index contributed by atoms with van der Waals surface area (Å²) in [6, 6.07) is 13.4. The van der Waals surface area contributed by atoms with Crippen molar-refractivity contribution in [1.29, 1.82) is 0 Å². The first-order valence-corrected chi connectivity index (χ1v) is 6.50. The molecule has 0 bridgehead atoms. The van der Waals surface area contributed by atoms with Gasteiger partial charge in [-0.3, -0.25) is 4.79 Å². The van der Waals surface area contributed by atoms with E-state index in [9.17, 15) is 4.79 Å². The second kappa shape index (κ2) is 5.80. The first-order valence-electron chi connectivity index (χ1n) is 6.10. The lowest BCUT2D eigenvalue weighted by atomic mass is 9.99. The molecule has 19 heavy (non-hydrogen) atoms. The lowest BCUT2D eigenvalue weighted by molar-refractivity contribution is 0.634. The van der Waals surface area contributed by atoms with Crippen molar-refractivity contribution < 1.29 is 0 Å². The van der Waals surface area contributed by atoms with Gasteiger partial charge in [-0.25, -0.2) is 0 Å². The zero-order valence-corrected chi connectivity index (χ0v) is 11.6. The Morgan fingerprint density at radius 1 is 1.26 bits per heavy atom. The maximum absolute atomic E-state index is 12.0. The molecule has 0 aliphatic rings. The summed E-state index contributed by atoms with van der Waals surface area (Å²) < 4.78 is 1.66. The van der Waals surface area contributed by atoms with Crippen LogP contribution in [-0.2, 0) is 6.54 Å². The Morgan fingerprint density at radius 2 is 1.95 bits per heavy atom. The lowest BCUT2D eigenvalue weighted by Crippen LogP contribution is -2.29. The molecule has 1 heterocycles. The van der Waals surface area contributed by atoms with Gasteiger partial charge in [0.25, 0.3) is 5.56 Å². The third-order valence-electron chi connectivity index (χ3n) is 3.14. The molecule has 0 amide bonds. The number of aryl methyl sites for hydroxylation is 1. The molecule has 0 aliphatic heterocycles. The number of hydrogen-bond acceptors (Lipinski definition) is 2. The summed E-state index contributed by atoms with van der Waals surface area (Å²) in [5.41, 5.74) is 7.57. The van der Waals surface area contributed by atoms with E-state index in [1.807, 2.05) is 36.4 Å². The van der Waals surface area contributed by atoms with Crippen LogP contribution in [0.4, 0.5) is 0 Å². The Bertz CT molecular complexity index is 634. The van der Waals surface area contributed by atoms with Gasteiger partial charge in [-0.05, 0) is 18.6 Å². The molecule has 2 rings (SSSR count). The van der Waals surface area contributed by atoms with Gasteiger partial charge in [0.1, 0.15) is 0 Å². The molecule has 1 aromatic heterocycles. The topological polar surface area (TPSA) is 48.0 Å². The van der Waals surface area contributed by atoms with Crippen LogP contribution in [-0.4, -0.2) is 9.56 Å². The first kappa shape index (κ1) is 13.5. The Labute approximate surface area is 117 Å². The molecule has 1 unspecified atom stereocenters. The van der Waals surface area contributed by atoms with Crippen LogP contribution in [0.2, 0.25) is 0 Å². The summed E-state index contributed by atoms with van der Waals surface area (Å²) in [6.07, 6.45) is 1.77. The average Bonchev–Trinajstić information content (AvgIpc) is 2.41. The number of aromatic nitrogens is 1. The molecular weight excluding hydrogens is 256 g/mol. The Morgan fingerprint density at radius 3 is 2.58 bits per heavy atom. The van der Waals surface area contributed by atoms with Crippen molar-refractivity contribution >= 4 is 17.2 Å². The zero-order valence-electron chi connectivity index (χ0n) is 10.7. The molecule has 3 nitrogen and oxygen atoms in total. The summed E-state index contributed by atoms with van der Waals surface area (Å²) in [5.74, 6) is -0.129. The highest BCUT2D eigenvalue weighted by atomic mass is 32.1. The highest BCUT2D eigenvalue weighted by Crippen LogP contribution is 2.17. The van der Waals surface area contributed by atoms with Crippen molar-refractivity contribution in [3.63, 3.8) is 0 Å². The zero-order chi connectivity index (χ0) is 13.8. The molecular formula is C15H16N2OS. The summed E-state index contributed by atoms with van der Waals surface area (Å²) in [5, 5.41) is 0. The van der Waals surface area contributed by atoms with Crippen molar-refractivity contribution in [2.45, 2.75) is 19.4 Å². The minimum absolute atomic E-state index is 0.000295. The van der Waals surface area contributed by atoms with Crippen LogP contribution < -0.4 is 11.3 Å². The Kier molecular flexibility index (Phi) is 4.12. The lowest BCUT2D eigenvalue weighted by Gasteiger charge is -2.17. The third kappa shape index (κ3) is 3.09. The standard InChI is InChI=1S/C15H16N2OS/c1-11-6-5-9-17(15(11)18)10-13(14(16)19)12-7-3-2-4-8-12/h2-9,13H,10H2,1H3,(H2,16,19). The molecule has 0 saturated heterocycles. The number of nitrogens with zero attached hydrogens (tertiary/aromatic N) is 1. The molecule has 2 N–H and O–H groups in total. The fourth-order valence-corrected chi connectivity index (χ4v) is 2.25. The van der Waals surface area contributed by atoms with E-state index in [0.29, 0.717) is 11.5 Å². The molecule has 0 fully saturated rings. The fraction of sp³-hybridized carbons (Fsp3) is 0.200. The normalized spacial score (nSPS) is 12.1. The van der Waals surface area contributed by atoms with Gasteiger partial charge in [-0.2, -0.15) is 0 Å². The fourth-order valence-electron chi connectivity index (χ4n) is 2.04. The minimum Gasteiger partial charge on any atom is -0.393 e. The molecule has 1 atom stereocenters. The second-order valence-electron chi connectivity index (χ2n) is 4.51. The highest BCUT2D eigenvalue weighted by molar-refractivity contribution is 7.80. The van der Waals surface area contributed by atoms with E-state index in [1.165, 1.54) is 0 Å². The Balaban J connectivity index is 2.35. The maximum atomic E-state index is 12.0. The number of pyridine rings is 1. The maximum Gasteiger partial charge on any atom is 0.253 e. The van der Waals surface area contributed by atoms with E-state index in [1.54, 1.807) is 23.8 Å². The van der Waals surface area contributed by atoms with Gasteiger partial charge >= 0.3 is 0 Å². The van der Waals surface area contributed by atoms with Gasteiger partial charge < -0.3 is 10.3 Å². The average molecular weight is 272 g/mol. The van der Waals surface area contributed by atoms with E-state index >= 15 is 0 Å². The van der Waals surface area contributed by atoms with Gasteiger partial charge in [0.2, 0.25) is 0 Å². The van der Waals surface area contributed by atoms with Gasteiger partial charge in [-0.15, -0.1) is 0 Å². The van der Waals surface area contributed by atoms with Crippen LogP contribution in [0.5, 0.6) is 0 Å². The van der Waals surface area contributed by atoms with Crippen LogP contribution in [0.1, 0.15) is 17.0 Å². The predicted octanol–water partition coefficient (Wildman–Crippen LogP) is 2.23. The third-order valence-corrected chi connectivity index (χ3v) is 3.42. The van der Waals surface area contributed by atoms with E-state index in [4.69, 9.17) is 18.0 Å². The quantitative estimate of drug-likeness (QED) is 0.868. The molecule has 98 valence electrons. The number of hydrogen-bond donors (Lipinski definition) is 1. The highest BCUT2D eigenvalue weighted by Gasteiger charge is 2.15. The van der Waals surface area contributed by atoms with Crippen molar-refractivity contribution in [3.05, 3.63) is 70.1 Å². The molecule has 2 aromatic rings. The summed E-state index contributed by atoms with van der Waals surface area (Å²) in [7, 11) is 0. The molecule has 0 spiro atoms. The van der Waals surface area contributed by atoms with Crippen LogP contribution in [0.15, 0.2) is 53.5 Å². The van der Waals surface area contributed by atoms with Gasteiger partial charge in [0, 0.05) is 18.3 Å². The van der Waals surface area contributed by atoms with Crippen LogP contribution in [0, 0.1) is 6.92 Å². The molecule has 0 radical (unpaired) electrons. The van der Waals surface area contributed by atoms with Gasteiger partial charge in [0.05, 0.1) is 10.9 Å². The number of nitrogens with two attached hydrogens (primary N) is 1. The van der Waals surface area contributed by atoms with Crippen LogP contribution >= 0.6 is 12.2 Å². The molecule has 1 aromatic carbocycles. The molecule has 0 saturated carbocycles. The number of thiocarbonyl (C=S) groups is 1. The SMILES string of the molecule is Cc1cccn(CC(C(N)=S)c2ccccc2)c1=O. The van der Waals surface area contributed by atoms with Gasteiger partial charge in [-0.1, -0.05) is 48.6 Å². The monoisotopic (exact) mass is 272 g/mol. The van der Waals surface area contributed by atoms with Crippen molar-refractivity contribution in [2.24, 2.45) is 5.73 Å². The smallest absolute Gasteiger partial charge is 0.253 e. The second-order valence-corrected chi connectivity index (χ2v) is 4.99. The van der Waals surface area contributed by atoms with Crippen LogP contribution in [0.25, 0.3) is 0 Å². The molecule has 0 aliphatic carbocycles. The van der Waals surface area contributed by atoms with E-state index in [-0.39, 0.29) is 11.5 Å². The number of benzene rings is 1. The summed E-state index contributed by atoms with van der Waals surface area (Å²) >= 11 is 5.14. The number of rotatable bonds is 4. The Hall–Kier alpha value is -1.94. The van der Waals surface area contributed by atoms with Crippen molar-refractivity contribution in [2.75, 3.05) is 0 Å². The van der Waals surface area contributed by atoms with Gasteiger partial charge in [0.15, 0.2) is 0 Å². The van der Waals surface area contributed by atoms with E-state index in [2.05, 4.69) is 0 Å². The largest absolute Gasteiger partial charge is 0.393 e. The summed E-state index contributed by atoms with van der Waals surface area (Å²) in [4.78, 5) is 12.4. The van der Waals surface area contributed by atoms with E-state index in [0.717, 1.165) is 11.1 Å². The molecule has 4 heteroatoms. The van der Waals surface area contributed by atoms with E-state index < -0.39 is 0 Å². The minimum atomic E-state index is -0.129. The summed E-state index contributed by atoms with van der Waals surface area (Å²) in [6.45, 7) is 2.27.